The fourth-order valence-electron chi connectivity index (χ4n) is 5.80. The van der Waals surface area contributed by atoms with E-state index in [9.17, 15) is 14.7 Å². The van der Waals surface area contributed by atoms with Crippen LogP contribution in [0.15, 0.2) is 0 Å². The van der Waals surface area contributed by atoms with Gasteiger partial charge in [0.1, 0.15) is 19.3 Å². The second-order valence-corrected chi connectivity index (χ2v) is 13.9. The van der Waals surface area contributed by atoms with Crippen LogP contribution < -0.4 is 0 Å². The number of rotatable bonds is 35. The molecular weight excluding hydrogens is 548 g/mol. The van der Waals surface area contributed by atoms with Crippen LogP contribution in [-0.4, -0.2) is 36.4 Å². The van der Waals surface area contributed by atoms with E-state index >= 15 is 0 Å². The van der Waals surface area contributed by atoms with Gasteiger partial charge < -0.3 is 14.6 Å². The van der Waals surface area contributed by atoms with Gasteiger partial charge in [-0.1, -0.05) is 188 Å². The molecule has 44 heavy (non-hydrogen) atoms. The van der Waals surface area contributed by atoms with Gasteiger partial charge in [0.05, 0.1) is 0 Å². The lowest BCUT2D eigenvalue weighted by Gasteiger charge is -2.12. The van der Waals surface area contributed by atoms with Crippen LogP contribution in [0.4, 0.5) is 0 Å². The Morgan fingerprint density at radius 3 is 1.02 bits per heavy atom. The Hall–Kier alpha value is -1.10. The van der Waals surface area contributed by atoms with E-state index in [4.69, 9.17) is 9.47 Å². The van der Waals surface area contributed by atoms with Crippen molar-refractivity contribution in [1.29, 1.82) is 0 Å². The summed E-state index contributed by atoms with van der Waals surface area (Å²) in [7, 11) is 0. The summed E-state index contributed by atoms with van der Waals surface area (Å²) in [5.74, 6) is 0.306. The van der Waals surface area contributed by atoms with Gasteiger partial charge in [0.15, 0.2) is 0 Å². The van der Waals surface area contributed by atoms with E-state index in [2.05, 4.69) is 20.8 Å². The molecule has 0 fully saturated rings. The highest BCUT2D eigenvalue weighted by Gasteiger charge is 2.12. The summed E-state index contributed by atoms with van der Waals surface area (Å²) in [6.45, 7) is 6.67. The van der Waals surface area contributed by atoms with Crippen LogP contribution in [0.5, 0.6) is 0 Å². The maximum atomic E-state index is 12.0. The molecule has 0 aliphatic carbocycles. The van der Waals surface area contributed by atoms with Crippen LogP contribution >= 0.6 is 0 Å². The van der Waals surface area contributed by atoms with Crippen molar-refractivity contribution in [2.24, 2.45) is 5.92 Å². The molecule has 5 heteroatoms. The van der Waals surface area contributed by atoms with Crippen molar-refractivity contribution in [3.63, 3.8) is 0 Å². The molecule has 0 amide bonds. The normalized spacial score (nSPS) is 12.1. The highest BCUT2D eigenvalue weighted by atomic mass is 16.6. The maximum absolute atomic E-state index is 12.0. The summed E-state index contributed by atoms with van der Waals surface area (Å²) in [5.41, 5.74) is 0. The molecule has 0 radical (unpaired) electrons. The summed E-state index contributed by atoms with van der Waals surface area (Å²) >= 11 is 0. The predicted octanol–water partition coefficient (Wildman–Crippen LogP) is 11.8. The van der Waals surface area contributed by atoms with Crippen molar-refractivity contribution in [3.05, 3.63) is 0 Å². The monoisotopic (exact) mass is 625 g/mol. The first kappa shape index (κ1) is 42.9. The Kier molecular flexibility index (Phi) is 33.9. The Bertz CT molecular complexity index is 605. The zero-order valence-corrected chi connectivity index (χ0v) is 29.9. The van der Waals surface area contributed by atoms with Crippen molar-refractivity contribution in [1.82, 2.24) is 0 Å². The van der Waals surface area contributed by atoms with E-state index in [1.54, 1.807) is 0 Å². The van der Waals surface area contributed by atoms with Gasteiger partial charge in [0, 0.05) is 12.8 Å². The molecule has 1 atom stereocenters. The number of aliphatic hydroxyl groups excluding tert-OH is 1. The lowest BCUT2D eigenvalue weighted by molar-refractivity contribution is -0.152. The smallest absolute Gasteiger partial charge is 0.305 e. The third-order valence-electron chi connectivity index (χ3n) is 8.77. The molecule has 1 N–H and O–H groups in total. The lowest BCUT2D eigenvalue weighted by atomic mass is 10.0. The summed E-state index contributed by atoms with van der Waals surface area (Å²) in [4.78, 5) is 23.9. The molecule has 0 aliphatic heterocycles. The van der Waals surface area contributed by atoms with Crippen molar-refractivity contribution < 1.29 is 24.2 Å². The highest BCUT2D eigenvalue weighted by Crippen LogP contribution is 2.16. The highest BCUT2D eigenvalue weighted by molar-refractivity contribution is 5.69. The fraction of sp³-hybridized carbons (Fsp3) is 0.949. The molecular formula is C39H76O5. The number of unbranched alkanes of at least 4 members (excludes halogenated alkanes) is 25. The van der Waals surface area contributed by atoms with Crippen LogP contribution in [0, 0.1) is 5.92 Å². The molecule has 262 valence electrons. The lowest BCUT2D eigenvalue weighted by Crippen LogP contribution is -2.25. The average molecular weight is 625 g/mol. The molecule has 0 aromatic rings. The molecule has 0 rings (SSSR count). The number of aliphatic hydroxyl groups is 1. The first-order valence-electron chi connectivity index (χ1n) is 19.4. The average Bonchev–Trinajstić information content (AvgIpc) is 3.00. The largest absolute Gasteiger partial charge is 0.463 e. The van der Waals surface area contributed by atoms with E-state index in [0.717, 1.165) is 31.6 Å². The van der Waals surface area contributed by atoms with Crippen molar-refractivity contribution in [3.8, 4) is 0 Å². The molecule has 0 aromatic heterocycles. The van der Waals surface area contributed by atoms with Gasteiger partial charge in [-0.25, -0.2) is 0 Å². The minimum absolute atomic E-state index is 0.108. The first-order valence-corrected chi connectivity index (χ1v) is 19.4. The molecule has 0 saturated carbocycles. The third kappa shape index (κ3) is 35.4. The van der Waals surface area contributed by atoms with Gasteiger partial charge in [-0.05, 0) is 18.8 Å². The van der Waals surface area contributed by atoms with Crippen molar-refractivity contribution in [2.75, 3.05) is 13.2 Å². The molecule has 0 aromatic carbocycles. The van der Waals surface area contributed by atoms with Gasteiger partial charge in [-0.2, -0.15) is 0 Å². The predicted molar refractivity (Wildman–Crippen MR) is 187 cm³/mol. The van der Waals surface area contributed by atoms with Crippen LogP contribution in [0.2, 0.25) is 0 Å². The van der Waals surface area contributed by atoms with E-state index < -0.39 is 6.10 Å². The van der Waals surface area contributed by atoms with Gasteiger partial charge in [-0.15, -0.1) is 0 Å². The second-order valence-electron chi connectivity index (χ2n) is 13.9. The number of carbonyl (C=O) groups is 2. The minimum Gasteiger partial charge on any atom is -0.463 e. The Balaban J connectivity index is 3.36. The molecule has 0 aliphatic rings. The zero-order valence-electron chi connectivity index (χ0n) is 29.9. The Morgan fingerprint density at radius 2 is 0.727 bits per heavy atom. The van der Waals surface area contributed by atoms with Crippen LogP contribution in [-0.2, 0) is 19.1 Å². The van der Waals surface area contributed by atoms with E-state index in [1.807, 2.05) is 0 Å². The third-order valence-corrected chi connectivity index (χ3v) is 8.77. The topological polar surface area (TPSA) is 72.8 Å². The molecule has 0 bridgehead atoms. The SMILES string of the molecule is CCCCCCCCCCCCCC(=O)OC[C@@H](O)COC(=O)CCCCCCCCCCCCCCCCCCC(C)C. The van der Waals surface area contributed by atoms with Crippen molar-refractivity contribution in [2.45, 2.75) is 219 Å². The number of hydrogen-bond donors (Lipinski definition) is 1. The molecule has 0 heterocycles. The van der Waals surface area contributed by atoms with Gasteiger partial charge >= 0.3 is 11.9 Å². The van der Waals surface area contributed by atoms with Gasteiger partial charge in [0.2, 0.25) is 0 Å². The first-order chi connectivity index (χ1) is 21.5. The molecule has 0 saturated heterocycles. The fourth-order valence-corrected chi connectivity index (χ4v) is 5.80. The number of ether oxygens (including phenoxy) is 2. The van der Waals surface area contributed by atoms with Gasteiger partial charge in [0.25, 0.3) is 0 Å². The summed E-state index contributed by atoms with van der Waals surface area (Å²) in [5, 5.41) is 9.99. The standard InChI is InChI=1S/C39H76O5/c1-4-5-6-7-8-9-16-20-23-26-29-32-38(41)43-34-37(40)35-44-39(42)33-30-27-24-21-18-15-13-11-10-12-14-17-19-22-25-28-31-36(2)3/h36-37,40H,4-35H2,1-3H3/t37-/m1/s1. The number of hydrogen-bond acceptors (Lipinski definition) is 5. The number of carbonyl (C=O) groups excluding carboxylic acids is 2. The summed E-state index contributed by atoms with van der Waals surface area (Å²) in [6.07, 6.45) is 35.9. The maximum Gasteiger partial charge on any atom is 0.305 e. The second kappa shape index (κ2) is 34.8. The quantitative estimate of drug-likeness (QED) is 0.0561. The van der Waals surface area contributed by atoms with Crippen molar-refractivity contribution >= 4 is 11.9 Å². The van der Waals surface area contributed by atoms with Crippen LogP contribution in [0.1, 0.15) is 213 Å². The Labute approximate surface area is 274 Å². The van der Waals surface area contributed by atoms with Gasteiger partial charge in [-0.3, -0.25) is 9.59 Å². The van der Waals surface area contributed by atoms with E-state index in [-0.39, 0.29) is 25.2 Å². The minimum atomic E-state index is -0.954. The number of esters is 2. The van der Waals surface area contributed by atoms with E-state index in [0.29, 0.717) is 12.8 Å². The molecule has 0 unspecified atom stereocenters. The molecule has 5 nitrogen and oxygen atoms in total. The van der Waals surface area contributed by atoms with Crippen LogP contribution in [0.25, 0.3) is 0 Å². The van der Waals surface area contributed by atoms with E-state index in [1.165, 1.54) is 154 Å². The zero-order chi connectivity index (χ0) is 32.4. The van der Waals surface area contributed by atoms with Crippen LogP contribution in [0.3, 0.4) is 0 Å². The Morgan fingerprint density at radius 1 is 0.455 bits per heavy atom. The summed E-state index contributed by atoms with van der Waals surface area (Å²) < 4.78 is 10.3. The molecule has 0 spiro atoms. The summed E-state index contributed by atoms with van der Waals surface area (Å²) in [6, 6.07) is 0.